The molecule has 0 bridgehead atoms. The fourth-order valence-corrected chi connectivity index (χ4v) is 3.67. The second-order valence-corrected chi connectivity index (χ2v) is 7.93. The van der Waals surface area contributed by atoms with Gasteiger partial charge in [0.05, 0.1) is 11.4 Å². The Morgan fingerprint density at radius 1 is 1.15 bits per heavy atom. The van der Waals surface area contributed by atoms with Gasteiger partial charge in [-0.1, -0.05) is 41.1 Å². The number of amides is 1. The maximum atomic E-state index is 12.4. The lowest BCUT2D eigenvalue weighted by Gasteiger charge is -2.33. The molecule has 3 rings (SSSR count). The van der Waals surface area contributed by atoms with Crippen LogP contribution in [0.15, 0.2) is 53.0 Å². The van der Waals surface area contributed by atoms with Gasteiger partial charge in [0.15, 0.2) is 5.11 Å². The Morgan fingerprint density at radius 2 is 1.88 bits per heavy atom. The summed E-state index contributed by atoms with van der Waals surface area (Å²) in [6, 6.07) is 15.3. The summed E-state index contributed by atoms with van der Waals surface area (Å²) in [7, 11) is 0. The van der Waals surface area contributed by atoms with Gasteiger partial charge in [0.25, 0.3) is 5.91 Å². The molecule has 2 aromatic carbocycles. The summed E-state index contributed by atoms with van der Waals surface area (Å²) in [5, 5.41) is 6.23. The van der Waals surface area contributed by atoms with Crippen LogP contribution in [0, 0.1) is 5.92 Å². The van der Waals surface area contributed by atoms with E-state index in [9.17, 15) is 4.79 Å². The van der Waals surface area contributed by atoms with Crippen molar-refractivity contribution in [3.8, 4) is 0 Å². The summed E-state index contributed by atoms with van der Waals surface area (Å²) in [4.78, 5) is 14.7. The second-order valence-electron chi connectivity index (χ2n) is 6.61. The molecule has 26 heavy (non-hydrogen) atoms. The van der Waals surface area contributed by atoms with Crippen molar-refractivity contribution in [3.05, 3.63) is 58.6 Å². The third kappa shape index (κ3) is 4.83. The lowest BCUT2D eigenvalue weighted by molar-refractivity contribution is 0.0977. The smallest absolute Gasteiger partial charge is 0.257 e. The van der Waals surface area contributed by atoms with Crippen molar-refractivity contribution in [3.63, 3.8) is 0 Å². The van der Waals surface area contributed by atoms with Crippen LogP contribution >= 0.6 is 28.1 Å². The van der Waals surface area contributed by atoms with E-state index in [0.29, 0.717) is 10.7 Å². The molecule has 0 unspecified atom stereocenters. The van der Waals surface area contributed by atoms with E-state index in [1.807, 2.05) is 30.3 Å². The van der Waals surface area contributed by atoms with Crippen LogP contribution in [0.5, 0.6) is 0 Å². The topological polar surface area (TPSA) is 44.4 Å². The van der Waals surface area contributed by atoms with Gasteiger partial charge in [0.2, 0.25) is 0 Å². The van der Waals surface area contributed by atoms with Gasteiger partial charge in [-0.05, 0) is 61.3 Å². The molecule has 1 amide bonds. The maximum Gasteiger partial charge on any atom is 0.257 e. The van der Waals surface area contributed by atoms with Crippen molar-refractivity contribution >= 4 is 50.5 Å². The van der Waals surface area contributed by atoms with Crippen LogP contribution < -0.4 is 15.5 Å². The molecule has 6 heteroatoms. The highest BCUT2D eigenvalue weighted by Crippen LogP contribution is 2.29. The Bertz CT molecular complexity index is 803. The van der Waals surface area contributed by atoms with Crippen molar-refractivity contribution < 1.29 is 4.79 Å². The van der Waals surface area contributed by atoms with Crippen LogP contribution in [0.1, 0.15) is 30.1 Å². The van der Waals surface area contributed by atoms with E-state index >= 15 is 0 Å². The average Bonchev–Trinajstić information content (AvgIpc) is 2.63. The minimum Gasteiger partial charge on any atom is -0.370 e. The fourth-order valence-electron chi connectivity index (χ4n) is 3.06. The molecular formula is C20H22BrN3OS. The van der Waals surface area contributed by atoms with Gasteiger partial charge in [0, 0.05) is 23.1 Å². The zero-order chi connectivity index (χ0) is 18.5. The summed E-state index contributed by atoms with van der Waals surface area (Å²) >= 11 is 8.73. The fraction of sp³-hybridized carbons (Fsp3) is 0.300. The summed E-state index contributed by atoms with van der Waals surface area (Å²) < 4.78 is 0.855. The molecule has 0 atom stereocenters. The number of carbonyl (C=O) groups excluding carboxylic acids is 1. The Kier molecular flexibility index (Phi) is 6.27. The minimum atomic E-state index is -0.229. The first-order valence-corrected chi connectivity index (χ1v) is 9.95. The zero-order valence-corrected chi connectivity index (χ0v) is 17.1. The van der Waals surface area contributed by atoms with Gasteiger partial charge in [0.1, 0.15) is 0 Å². The minimum absolute atomic E-state index is 0.229. The Labute approximate surface area is 168 Å². The predicted octanol–water partition coefficient (Wildman–Crippen LogP) is 4.81. The highest BCUT2D eigenvalue weighted by Gasteiger charge is 2.18. The number of para-hydroxylation sites is 2. The number of halogens is 1. The van der Waals surface area contributed by atoms with E-state index in [1.54, 1.807) is 12.1 Å². The molecule has 0 aliphatic carbocycles. The third-order valence-corrected chi connectivity index (χ3v) is 5.29. The number of anilines is 2. The molecule has 136 valence electrons. The van der Waals surface area contributed by atoms with Crippen LogP contribution in [0.4, 0.5) is 11.4 Å². The molecular weight excluding hydrogens is 410 g/mol. The molecule has 0 aromatic heterocycles. The van der Waals surface area contributed by atoms with E-state index in [2.05, 4.69) is 44.5 Å². The van der Waals surface area contributed by atoms with Crippen LogP contribution in [-0.2, 0) is 0 Å². The first-order chi connectivity index (χ1) is 12.5. The van der Waals surface area contributed by atoms with Crippen molar-refractivity contribution in [2.24, 2.45) is 5.92 Å². The molecule has 2 aromatic rings. The highest BCUT2D eigenvalue weighted by molar-refractivity contribution is 9.10. The molecule has 1 saturated heterocycles. The zero-order valence-electron chi connectivity index (χ0n) is 14.7. The SMILES string of the molecule is CC1CCN(c2ccccc2NC(=S)NC(=O)c2cccc(Br)c2)CC1. The van der Waals surface area contributed by atoms with Crippen molar-refractivity contribution in [2.75, 3.05) is 23.3 Å². The van der Waals surface area contributed by atoms with Gasteiger partial charge in [-0.15, -0.1) is 0 Å². The molecule has 1 aliphatic heterocycles. The van der Waals surface area contributed by atoms with Crippen LogP contribution in [0.25, 0.3) is 0 Å². The number of carbonyl (C=O) groups is 1. The number of nitrogens with zero attached hydrogens (tertiary/aromatic N) is 1. The molecule has 0 saturated carbocycles. The van der Waals surface area contributed by atoms with Crippen molar-refractivity contribution in [1.82, 2.24) is 5.32 Å². The number of rotatable bonds is 3. The van der Waals surface area contributed by atoms with E-state index in [0.717, 1.165) is 34.9 Å². The summed E-state index contributed by atoms with van der Waals surface area (Å²) in [5.41, 5.74) is 2.60. The number of benzene rings is 2. The van der Waals surface area contributed by atoms with E-state index < -0.39 is 0 Å². The highest BCUT2D eigenvalue weighted by atomic mass is 79.9. The second kappa shape index (κ2) is 8.64. The normalized spacial score (nSPS) is 14.8. The first kappa shape index (κ1) is 18.9. The molecule has 1 aliphatic rings. The lowest BCUT2D eigenvalue weighted by atomic mass is 9.98. The molecule has 4 nitrogen and oxygen atoms in total. The Hall–Kier alpha value is -1.92. The summed E-state index contributed by atoms with van der Waals surface area (Å²) in [6.45, 7) is 4.38. The maximum absolute atomic E-state index is 12.4. The van der Waals surface area contributed by atoms with Crippen molar-refractivity contribution in [2.45, 2.75) is 19.8 Å². The molecule has 0 radical (unpaired) electrons. The standard InChI is InChI=1S/C20H22BrN3OS/c1-14-9-11-24(12-10-14)18-8-3-2-7-17(18)22-20(26)23-19(25)15-5-4-6-16(21)13-15/h2-8,13-14H,9-12H2,1H3,(H2,22,23,25,26). The lowest BCUT2D eigenvalue weighted by Crippen LogP contribution is -2.36. The van der Waals surface area contributed by atoms with E-state index in [-0.39, 0.29) is 5.91 Å². The van der Waals surface area contributed by atoms with Crippen LogP contribution in [-0.4, -0.2) is 24.1 Å². The molecule has 0 spiro atoms. The van der Waals surface area contributed by atoms with E-state index in [1.165, 1.54) is 12.8 Å². The first-order valence-electron chi connectivity index (χ1n) is 8.75. The van der Waals surface area contributed by atoms with Gasteiger partial charge in [-0.3, -0.25) is 10.1 Å². The van der Waals surface area contributed by atoms with Gasteiger partial charge in [-0.25, -0.2) is 0 Å². The monoisotopic (exact) mass is 431 g/mol. The number of thiocarbonyl (C=S) groups is 1. The Balaban J connectivity index is 1.67. The number of nitrogens with one attached hydrogen (secondary N) is 2. The number of hydrogen-bond donors (Lipinski definition) is 2. The quantitative estimate of drug-likeness (QED) is 0.684. The van der Waals surface area contributed by atoms with Gasteiger partial charge >= 0.3 is 0 Å². The van der Waals surface area contributed by atoms with E-state index in [4.69, 9.17) is 12.2 Å². The molecule has 2 N–H and O–H groups in total. The molecule has 1 heterocycles. The van der Waals surface area contributed by atoms with Gasteiger partial charge in [-0.2, -0.15) is 0 Å². The van der Waals surface area contributed by atoms with Crippen LogP contribution in [0.2, 0.25) is 0 Å². The van der Waals surface area contributed by atoms with Gasteiger partial charge < -0.3 is 10.2 Å². The average molecular weight is 432 g/mol. The molecule has 1 fully saturated rings. The number of piperidine rings is 1. The summed E-state index contributed by atoms with van der Waals surface area (Å²) in [6.07, 6.45) is 2.39. The van der Waals surface area contributed by atoms with Crippen LogP contribution in [0.3, 0.4) is 0 Å². The number of hydrogen-bond acceptors (Lipinski definition) is 3. The predicted molar refractivity (Wildman–Crippen MR) is 115 cm³/mol. The third-order valence-electron chi connectivity index (χ3n) is 4.59. The summed E-state index contributed by atoms with van der Waals surface area (Å²) in [5.74, 6) is 0.546. The largest absolute Gasteiger partial charge is 0.370 e. The Morgan fingerprint density at radius 3 is 2.62 bits per heavy atom. The van der Waals surface area contributed by atoms with Crippen molar-refractivity contribution in [1.29, 1.82) is 0 Å².